The minimum Gasteiger partial charge on any atom is -0.352 e. The van der Waals surface area contributed by atoms with Crippen molar-refractivity contribution in [1.82, 2.24) is 0 Å². The number of carbonyl (C=O) groups is 1. The van der Waals surface area contributed by atoms with E-state index in [1.807, 2.05) is 20.8 Å². The lowest BCUT2D eigenvalue weighted by molar-refractivity contribution is -0.121. The molecule has 13 heavy (non-hydrogen) atoms. The molecule has 0 rings (SSSR count). The smallest absolute Gasteiger partial charge is 0.188 e. The fourth-order valence-corrected chi connectivity index (χ4v) is 1.50. The highest BCUT2D eigenvalue weighted by atomic mass is 32.2. The first-order chi connectivity index (χ1) is 6.24. The largest absolute Gasteiger partial charge is 0.352 e. The van der Waals surface area contributed by atoms with Crippen molar-refractivity contribution >= 4 is 16.9 Å². The van der Waals surface area contributed by atoms with Crippen molar-refractivity contribution in [2.75, 3.05) is 19.0 Å². The molecule has 78 valence electrons. The second kappa shape index (κ2) is 8.53. The van der Waals surface area contributed by atoms with E-state index >= 15 is 0 Å². The fraction of sp³-hybridized carbons (Fsp3) is 0.889. The van der Waals surface area contributed by atoms with Crippen LogP contribution in [0.15, 0.2) is 0 Å². The Morgan fingerprint density at radius 1 is 1.23 bits per heavy atom. The van der Waals surface area contributed by atoms with E-state index in [1.165, 1.54) is 11.8 Å². The average molecular weight is 206 g/mol. The van der Waals surface area contributed by atoms with Crippen LogP contribution in [0.1, 0.15) is 27.2 Å². The van der Waals surface area contributed by atoms with Gasteiger partial charge in [0, 0.05) is 19.6 Å². The Hall–Kier alpha value is -0.0600. The van der Waals surface area contributed by atoms with Gasteiger partial charge in [0.1, 0.15) is 0 Å². The van der Waals surface area contributed by atoms with Crippen LogP contribution in [-0.4, -0.2) is 30.4 Å². The van der Waals surface area contributed by atoms with Crippen LogP contribution in [0.2, 0.25) is 0 Å². The van der Waals surface area contributed by atoms with Crippen LogP contribution in [0, 0.1) is 0 Å². The summed E-state index contributed by atoms with van der Waals surface area (Å²) in [5.74, 6) is 0.592. The number of carbonyl (C=O) groups excluding carboxylic acids is 1. The molecule has 0 fully saturated rings. The molecule has 0 unspecified atom stereocenters. The molecular weight excluding hydrogens is 188 g/mol. The second-order valence-electron chi connectivity index (χ2n) is 2.38. The molecule has 0 bridgehead atoms. The SMILES string of the molecule is CCOC(CSC(=O)CC)OCC. The molecular formula is C9H18O3S. The molecule has 0 heterocycles. The van der Waals surface area contributed by atoms with E-state index in [-0.39, 0.29) is 11.4 Å². The zero-order chi connectivity index (χ0) is 10.1. The normalized spacial score (nSPS) is 10.8. The molecule has 0 N–H and O–H groups in total. The van der Waals surface area contributed by atoms with Gasteiger partial charge in [-0.25, -0.2) is 0 Å². The summed E-state index contributed by atoms with van der Waals surface area (Å²) in [5.41, 5.74) is 0. The van der Waals surface area contributed by atoms with Crippen molar-refractivity contribution in [3.8, 4) is 0 Å². The van der Waals surface area contributed by atoms with Gasteiger partial charge in [-0.1, -0.05) is 18.7 Å². The Kier molecular flexibility index (Phi) is 8.49. The van der Waals surface area contributed by atoms with Crippen LogP contribution in [-0.2, 0) is 14.3 Å². The predicted octanol–water partition coefficient (Wildman–Crippen LogP) is 2.06. The van der Waals surface area contributed by atoms with Crippen LogP contribution in [0.3, 0.4) is 0 Å². The van der Waals surface area contributed by atoms with E-state index < -0.39 is 0 Å². The van der Waals surface area contributed by atoms with Gasteiger partial charge in [0.25, 0.3) is 0 Å². The number of hydrogen-bond donors (Lipinski definition) is 0. The van der Waals surface area contributed by atoms with Crippen LogP contribution >= 0.6 is 11.8 Å². The van der Waals surface area contributed by atoms with Crippen molar-refractivity contribution in [1.29, 1.82) is 0 Å². The minimum atomic E-state index is -0.240. The highest BCUT2D eigenvalue weighted by Crippen LogP contribution is 2.10. The molecule has 0 aromatic carbocycles. The molecule has 0 aliphatic rings. The van der Waals surface area contributed by atoms with Gasteiger partial charge in [-0.05, 0) is 13.8 Å². The molecule has 0 saturated heterocycles. The molecule has 0 aromatic heterocycles. The van der Waals surface area contributed by atoms with E-state index in [4.69, 9.17) is 9.47 Å². The Labute approximate surface area is 84.2 Å². The summed E-state index contributed by atoms with van der Waals surface area (Å²) < 4.78 is 10.6. The number of hydrogen-bond acceptors (Lipinski definition) is 4. The third kappa shape index (κ3) is 7.05. The highest BCUT2D eigenvalue weighted by molar-refractivity contribution is 8.13. The Morgan fingerprint density at radius 2 is 1.77 bits per heavy atom. The number of rotatable bonds is 7. The first-order valence-corrected chi connectivity index (χ1v) is 5.61. The van der Waals surface area contributed by atoms with Crippen molar-refractivity contribution in [2.24, 2.45) is 0 Å². The summed E-state index contributed by atoms with van der Waals surface area (Å²) >= 11 is 1.28. The fourth-order valence-electron chi connectivity index (χ4n) is 0.779. The van der Waals surface area contributed by atoms with Crippen LogP contribution < -0.4 is 0 Å². The maximum atomic E-state index is 11.0. The first kappa shape index (κ1) is 12.9. The topological polar surface area (TPSA) is 35.5 Å². The molecule has 0 spiro atoms. The van der Waals surface area contributed by atoms with E-state index in [2.05, 4.69) is 0 Å². The lowest BCUT2D eigenvalue weighted by atomic mass is 10.6. The summed E-state index contributed by atoms with van der Waals surface area (Å²) in [6.07, 6.45) is 0.325. The molecule has 0 aliphatic heterocycles. The Bertz CT molecular complexity index is 133. The summed E-state index contributed by atoms with van der Waals surface area (Å²) in [7, 11) is 0. The molecule has 0 aliphatic carbocycles. The Morgan fingerprint density at radius 3 is 2.15 bits per heavy atom. The monoisotopic (exact) mass is 206 g/mol. The predicted molar refractivity (Wildman–Crippen MR) is 54.8 cm³/mol. The minimum absolute atomic E-state index is 0.185. The summed E-state index contributed by atoms with van der Waals surface area (Å²) in [6, 6.07) is 0. The van der Waals surface area contributed by atoms with Gasteiger partial charge in [-0.15, -0.1) is 0 Å². The zero-order valence-corrected chi connectivity index (χ0v) is 9.36. The maximum Gasteiger partial charge on any atom is 0.188 e. The summed E-state index contributed by atoms with van der Waals surface area (Å²) in [6.45, 7) is 6.92. The summed E-state index contributed by atoms with van der Waals surface area (Å²) in [4.78, 5) is 11.0. The van der Waals surface area contributed by atoms with Crippen LogP contribution in [0.5, 0.6) is 0 Å². The first-order valence-electron chi connectivity index (χ1n) is 4.63. The van der Waals surface area contributed by atoms with Crippen molar-refractivity contribution in [3.05, 3.63) is 0 Å². The Balaban J connectivity index is 3.61. The van der Waals surface area contributed by atoms with Crippen molar-refractivity contribution in [2.45, 2.75) is 33.5 Å². The third-order valence-electron chi connectivity index (χ3n) is 1.37. The van der Waals surface area contributed by atoms with Crippen molar-refractivity contribution < 1.29 is 14.3 Å². The van der Waals surface area contributed by atoms with Gasteiger partial charge in [0.2, 0.25) is 0 Å². The molecule has 3 nitrogen and oxygen atoms in total. The molecule has 0 saturated carbocycles. The lowest BCUT2D eigenvalue weighted by Crippen LogP contribution is -2.20. The molecule has 0 aromatic rings. The number of thioether (sulfide) groups is 1. The molecule has 0 atom stereocenters. The van der Waals surface area contributed by atoms with E-state index in [9.17, 15) is 4.79 Å². The standard InChI is InChI=1S/C9H18O3S/c1-4-8(10)13-7-9(11-5-2)12-6-3/h9H,4-7H2,1-3H3. The van der Waals surface area contributed by atoms with Gasteiger partial charge in [-0.3, -0.25) is 4.79 Å². The van der Waals surface area contributed by atoms with Gasteiger partial charge in [0.05, 0.1) is 5.75 Å². The van der Waals surface area contributed by atoms with Gasteiger partial charge >= 0.3 is 0 Å². The van der Waals surface area contributed by atoms with Crippen LogP contribution in [0.4, 0.5) is 0 Å². The van der Waals surface area contributed by atoms with Gasteiger partial charge in [0.15, 0.2) is 11.4 Å². The van der Waals surface area contributed by atoms with Crippen LogP contribution in [0.25, 0.3) is 0 Å². The van der Waals surface area contributed by atoms with Crippen molar-refractivity contribution in [3.63, 3.8) is 0 Å². The van der Waals surface area contributed by atoms with E-state index in [0.717, 1.165) is 0 Å². The summed E-state index contributed by atoms with van der Waals surface area (Å²) in [5, 5.41) is 0.185. The molecule has 0 amide bonds. The molecule has 4 heteroatoms. The van der Waals surface area contributed by atoms with E-state index in [1.54, 1.807) is 0 Å². The zero-order valence-electron chi connectivity index (χ0n) is 8.54. The molecule has 0 radical (unpaired) electrons. The number of ether oxygens (including phenoxy) is 2. The van der Waals surface area contributed by atoms with Gasteiger partial charge < -0.3 is 9.47 Å². The second-order valence-corrected chi connectivity index (χ2v) is 3.45. The maximum absolute atomic E-state index is 11.0. The van der Waals surface area contributed by atoms with E-state index in [0.29, 0.717) is 25.4 Å². The third-order valence-corrected chi connectivity index (χ3v) is 2.42. The highest BCUT2D eigenvalue weighted by Gasteiger charge is 2.10. The average Bonchev–Trinajstić information content (AvgIpc) is 2.14. The quantitative estimate of drug-likeness (QED) is 0.597. The lowest BCUT2D eigenvalue weighted by Gasteiger charge is -2.15. The van der Waals surface area contributed by atoms with Gasteiger partial charge in [-0.2, -0.15) is 0 Å².